The van der Waals surface area contributed by atoms with Gasteiger partial charge in [0.2, 0.25) is 0 Å². The van der Waals surface area contributed by atoms with Crippen LogP contribution in [0.4, 0.5) is 5.69 Å². The van der Waals surface area contributed by atoms with Crippen LogP contribution in [0, 0.1) is 33.6 Å². The molecule has 0 amide bonds. The Morgan fingerprint density at radius 3 is 2.24 bits per heavy atom. The number of aromatic nitrogens is 2. The monoisotopic (exact) mass is 555 g/mol. The predicted octanol–water partition coefficient (Wildman–Crippen LogP) is 6.23. The van der Waals surface area contributed by atoms with Crippen molar-refractivity contribution in [3.63, 3.8) is 0 Å². The highest BCUT2D eigenvalue weighted by atomic mass is 79.9. The fourth-order valence-corrected chi connectivity index (χ4v) is 6.42. The zero-order valence-corrected chi connectivity index (χ0v) is 22.8. The zero-order chi connectivity index (χ0) is 23.2. The molecule has 0 atom stereocenters. The average molecular weight is 557 g/mol. The quantitative estimate of drug-likeness (QED) is 0.364. The molecule has 0 unspecified atom stereocenters. The highest BCUT2D eigenvalue weighted by Gasteiger charge is 2.25. The highest BCUT2D eigenvalue weighted by molar-refractivity contribution is 9.10. The summed E-state index contributed by atoms with van der Waals surface area (Å²) < 4.78 is 14.5. The number of benzene rings is 1. The molecule has 0 spiro atoms. The number of piperidine rings is 1. The van der Waals surface area contributed by atoms with Crippen molar-refractivity contribution in [2.24, 2.45) is 5.92 Å². The Labute approximate surface area is 210 Å². The molecule has 180 valence electrons. The molecule has 4 rings (SSSR count). The lowest BCUT2D eigenvalue weighted by Gasteiger charge is -2.34. The van der Waals surface area contributed by atoms with Crippen molar-refractivity contribution in [3.8, 4) is 5.69 Å². The van der Waals surface area contributed by atoms with Crippen molar-refractivity contribution < 1.29 is 14.4 Å². The van der Waals surface area contributed by atoms with E-state index in [1.807, 2.05) is 6.92 Å². The van der Waals surface area contributed by atoms with Crippen molar-refractivity contribution in [1.82, 2.24) is 9.55 Å². The molecule has 3 heterocycles. The summed E-state index contributed by atoms with van der Waals surface area (Å²) in [6.07, 6.45) is 4.68. The van der Waals surface area contributed by atoms with Gasteiger partial charge in [-0.15, -0.1) is 12.4 Å². The lowest BCUT2D eigenvalue weighted by Crippen LogP contribution is -2.34. The van der Waals surface area contributed by atoms with Gasteiger partial charge in [-0.3, -0.25) is 4.57 Å². The lowest BCUT2D eigenvalue weighted by atomic mass is 9.93. The largest absolute Gasteiger partial charge is 0.371 e. The van der Waals surface area contributed by atoms with E-state index in [2.05, 4.69) is 70.6 Å². The first-order valence-corrected chi connectivity index (χ1v) is 13.7. The van der Waals surface area contributed by atoms with Crippen LogP contribution < -0.4 is 4.90 Å². The van der Waals surface area contributed by atoms with Gasteiger partial charge < -0.3 is 19.3 Å². The second-order valence-corrected chi connectivity index (χ2v) is 11.9. The molecule has 2 N–H and O–H groups in total. The van der Waals surface area contributed by atoms with Crippen LogP contribution in [0.1, 0.15) is 41.6 Å². The Hall–Kier alpha value is -1.37. The molecule has 3 aromatic rings. The molecular formula is C24H32BrClN3O3P. The number of nitrogens with zero attached hydrogens (tertiary/aromatic N) is 3. The van der Waals surface area contributed by atoms with Gasteiger partial charge in [-0.2, -0.15) is 0 Å². The standard InChI is InChI=1S/C24H31BrN3O3P.ClH/c1-15-11-20(25)12-16(2)23(15)28-14-17(3)22-21(13-18(4)26-24(22)28)27-8-5-19(6-9-27)7-10-32(29,30)31;/h11-14,19H,5-10H2,1-4H3,(H2,29,30,31);1H. The van der Waals surface area contributed by atoms with Gasteiger partial charge in [0.1, 0.15) is 5.65 Å². The Morgan fingerprint density at radius 1 is 1.06 bits per heavy atom. The Kier molecular flexibility index (Phi) is 8.02. The van der Waals surface area contributed by atoms with Crippen molar-refractivity contribution in [2.75, 3.05) is 24.2 Å². The molecular weight excluding hydrogens is 525 g/mol. The van der Waals surface area contributed by atoms with Gasteiger partial charge in [0.05, 0.1) is 11.8 Å². The number of hydrogen-bond donors (Lipinski definition) is 2. The summed E-state index contributed by atoms with van der Waals surface area (Å²) in [6, 6.07) is 6.46. The van der Waals surface area contributed by atoms with Crippen LogP contribution in [0.5, 0.6) is 0 Å². The minimum Gasteiger partial charge on any atom is -0.371 e. The summed E-state index contributed by atoms with van der Waals surface area (Å²) in [5, 5.41) is 1.19. The van der Waals surface area contributed by atoms with Crippen LogP contribution in [0.25, 0.3) is 16.7 Å². The lowest BCUT2D eigenvalue weighted by molar-refractivity contribution is 0.350. The summed E-state index contributed by atoms with van der Waals surface area (Å²) in [6.45, 7) is 10.2. The second kappa shape index (κ2) is 10.1. The maximum Gasteiger partial charge on any atom is 0.325 e. The van der Waals surface area contributed by atoms with E-state index in [9.17, 15) is 14.4 Å². The number of halogens is 2. The minimum absolute atomic E-state index is 0. The molecule has 9 heteroatoms. The van der Waals surface area contributed by atoms with Gasteiger partial charge in [-0.05, 0) is 87.8 Å². The third-order valence-electron chi connectivity index (χ3n) is 6.53. The van der Waals surface area contributed by atoms with Gasteiger partial charge in [-0.25, -0.2) is 4.98 Å². The van der Waals surface area contributed by atoms with E-state index in [0.29, 0.717) is 12.3 Å². The highest BCUT2D eigenvalue weighted by Crippen LogP contribution is 2.39. The number of hydrogen-bond acceptors (Lipinski definition) is 3. The second-order valence-electron chi connectivity index (χ2n) is 9.16. The maximum absolute atomic E-state index is 11.2. The number of rotatable bonds is 5. The smallest absolute Gasteiger partial charge is 0.325 e. The van der Waals surface area contributed by atoms with Crippen molar-refractivity contribution in [3.05, 3.63) is 51.3 Å². The first kappa shape index (κ1) is 26.2. The van der Waals surface area contributed by atoms with E-state index in [1.54, 1.807) is 0 Å². The Balaban J connectivity index is 0.00000306. The molecule has 1 aliphatic rings. The Bertz CT molecular complexity index is 1190. The minimum atomic E-state index is -3.92. The van der Waals surface area contributed by atoms with Crippen LogP contribution in [0.2, 0.25) is 0 Å². The fraction of sp³-hybridized carbons (Fsp3) is 0.458. The number of pyridine rings is 1. The molecule has 1 aromatic carbocycles. The van der Waals surface area contributed by atoms with E-state index >= 15 is 0 Å². The van der Waals surface area contributed by atoms with Crippen molar-refractivity contribution in [1.29, 1.82) is 0 Å². The normalized spacial score (nSPS) is 15.2. The van der Waals surface area contributed by atoms with Crippen molar-refractivity contribution in [2.45, 2.75) is 47.0 Å². The van der Waals surface area contributed by atoms with Crippen molar-refractivity contribution >= 4 is 52.7 Å². The fourth-order valence-electron chi connectivity index (χ4n) is 5.03. The van der Waals surface area contributed by atoms with Gasteiger partial charge >= 0.3 is 7.60 Å². The first-order valence-electron chi connectivity index (χ1n) is 11.1. The number of fused-ring (bicyclic) bond motifs is 1. The summed E-state index contributed by atoms with van der Waals surface area (Å²) in [5.74, 6) is 0.371. The van der Waals surface area contributed by atoms with Gasteiger partial charge in [-0.1, -0.05) is 15.9 Å². The van der Waals surface area contributed by atoms with Crippen LogP contribution >= 0.6 is 35.9 Å². The molecule has 0 saturated carbocycles. The maximum atomic E-state index is 11.2. The van der Waals surface area contributed by atoms with Gasteiger partial charge in [0.25, 0.3) is 0 Å². The van der Waals surface area contributed by atoms with E-state index in [1.165, 1.54) is 33.5 Å². The van der Waals surface area contributed by atoms with Crippen LogP contribution in [-0.4, -0.2) is 38.6 Å². The predicted molar refractivity (Wildman–Crippen MR) is 141 cm³/mol. The Morgan fingerprint density at radius 2 is 1.67 bits per heavy atom. The molecule has 33 heavy (non-hydrogen) atoms. The van der Waals surface area contributed by atoms with E-state index in [0.717, 1.165) is 41.7 Å². The third kappa shape index (κ3) is 5.66. The van der Waals surface area contributed by atoms with Crippen LogP contribution in [0.15, 0.2) is 28.9 Å². The average Bonchev–Trinajstić information content (AvgIpc) is 3.01. The summed E-state index contributed by atoms with van der Waals surface area (Å²) in [4.78, 5) is 25.8. The summed E-state index contributed by atoms with van der Waals surface area (Å²) in [7, 11) is -3.92. The van der Waals surface area contributed by atoms with E-state index in [-0.39, 0.29) is 18.6 Å². The molecule has 0 radical (unpaired) electrons. The van der Waals surface area contributed by atoms with E-state index < -0.39 is 7.60 Å². The molecule has 0 bridgehead atoms. The van der Waals surface area contributed by atoms with Crippen LogP contribution in [0.3, 0.4) is 0 Å². The third-order valence-corrected chi connectivity index (χ3v) is 7.83. The topological polar surface area (TPSA) is 78.6 Å². The zero-order valence-electron chi connectivity index (χ0n) is 19.5. The van der Waals surface area contributed by atoms with Gasteiger partial charge in [0, 0.05) is 40.5 Å². The molecule has 1 fully saturated rings. The molecule has 0 aliphatic carbocycles. The van der Waals surface area contributed by atoms with Gasteiger partial charge in [0.15, 0.2) is 0 Å². The number of anilines is 1. The number of aryl methyl sites for hydroxylation is 4. The molecule has 1 aliphatic heterocycles. The molecule has 1 saturated heterocycles. The molecule has 6 nitrogen and oxygen atoms in total. The SMILES string of the molecule is Cc1cc(N2CCC(CCP(=O)(O)O)CC2)c2c(C)cn(-c3c(C)cc(Br)cc3C)c2n1.Cl. The first-order chi connectivity index (χ1) is 15.0. The van der Waals surface area contributed by atoms with Crippen LogP contribution in [-0.2, 0) is 4.57 Å². The summed E-state index contributed by atoms with van der Waals surface area (Å²) >= 11 is 3.60. The van der Waals surface area contributed by atoms with E-state index in [4.69, 9.17) is 4.98 Å². The summed E-state index contributed by atoms with van der Waals surface area (Å²) in [5.41, 5.74) is 7.95. The molecule has 2 aromatic heterocycles.